The van der Waals surface area contributed by atoms with E-state index >= 15 is 0 Å². The van der Waals surface area contributed by atoms with E-state index in [4.69, 9.17) is 5.73 Å². The van der Waals surface area contributed by atoms with Crippen molar-refractivity contribution in [3.63, 3.8) is 0 Å². The van der Waals surface area contributed by atoms with Crippen molar-refractivity contribution in [3.8, 4) is 5.75 Å². The van der Waals surface area contributed by atoms with E-state index in [1.807, 2.05) is 0 Å². The minimum Gasteiger partial charge on any atom is -0.507 e. The van der Waals surface area contributed by atoms with Gasteiger partial charge in [-0.3, -0.25) is 19.2 Å². The lowest BCUT2D eigenvalue weighted by molar-refractivity contribution is -0.184. The van der Waals surface area contributed by atoms with E-state index in [9.17, 15) is 39.6 Å². The number of ketones is 2. The van der Waals surface area contributed by atoms with E-state index < -0.39 is 64.5 Å². The predicted molar refractivity (Wildman–Crippen MR) is 124 cm³/mol. The maximum Gasteiger partial charge on any atom is 0.230 e. The molecule has 2 saturated carbocycles. The predicted octanol–water partition coefficient (Wildman–Crippen LogP) is -0.992. The first kappa shape index (κ1) is 24.8. The first-order chi connectivity index (χ1) is 16.3. The second-order valence-electron chi connectivity index (χ2n) is 9.99. The molecule has 0 aliphatic heterocycles. The summed E-state index contributed by atoms with van der Waals surface area (Å²) in [7, 11) is 6.64. The number of rotatable bonds is 4. The third-order valence-electron chi connectivity index (χ3n) is 7.70. The highest BCUT2D eigenvalue weighted by molar-refractivity contribution is 6.25. The smallest absolute Gasteiger partial charge is 0.230 e. The van der Waals surface area contributed by atoms with Gasteiger partial charge < -0.3 is 36.0 Å². The van der Waals surface area contributed by atoms with Crippen LogP contribution in [-0.2, 0) is 20.8 Å². The number of hydrogen-bond acceptors (Lipinski definition) is 10. The lowest BCUT2D eigenvalue weighted by atomic mass is 9.54. The van der Waals surface area contributed by atoms with Crippen LogP contribution in [0.4, 0.5) is 5.69 Å². The maximum absolute atomic E-state index is 13.8. The summed E-state index contributed by atoms with van der Waals surface area (Å²) in [5.41, 5.74) is 3.23. The zero-order chi connectivity index (χ0) is 26.1. The Labute approximate surface area is 201 Å². The molecular formula is C24H29N3O8. The van der Waals surface area contributed by atoms with Crippen LogP contribution < -0.4 is 10.6 Å². The molecule has 0 radical (unpaired) electrons. The van der Waals surface area contributed by atoms with Crippen LogP contribution in [0.3, 0.4) is 0 Å². The number of phenols is 1. The van der Waals surface area contributed by atoms with Gasteiger partial charge in [0.25, 0.3) is 0 Å². The molecule has 1 aromatic rings. The number of primary amides is 1. The molecule has 1 amide bonds. The third-order valence-corrected chi connectivity index (χ3v) is 7.70. The summed E-state index contributed by atoms with van der Waals surface area (Å²) in [6.07, 6.45) is -0.929. The van der Waals surface area contributed by atoms with Crippen LogP contribution in [0.1, 0.15) is 27.9 Å². The number of fused-ring (bicyclic) bond motifs is 3. The SMILES string of the molecule is CN(C)c1cc(C=O)c(O)c2c1C[C@@H]1C[C@@H]3C(N(C)C)C(O)C(C(N)=O)C(=O)[C@]3(O)C(=O)C1=C2O. The number of aromatic hydroxyl groups is 1. The summed E-state index contributed by atoms with van der Waals surface area (Å²) in [5, 5.41) is 44.4. The number of phenolic OH excluding ortho intramolecular Hbond substituents is 1. The monoisotopic (exact) mass is 487 g/mol. The molecule has 3 aliphatic carbocycles. The average molecular weight is 488 g/mol. The van der Waals surface area contributed by atoms with Crippen molar-refractivity contribution in [2.45, 2.75) is 30.6 Å². The summed E-state index contributed by atoms with van der Waals surface area (Å²) in [6.45, 7) is 0. The Kier molecular flexibility index (Phi) is 5.78. The number of aliphatic hydroxyl groups excluding tert-OH is 2. The Morgan fingerprint density at radius 3 is 2.34 bits per heavy atom. The topological polar surface area (TPSA) is 182 Å². The van der Waals surface area contributed by atoms with Crippen molar-refractivity contribution in [2.75, 3.05) is 33.1 Å². The van der Waals surface area contributed by atoms with Crippen LogP contribution in [0, 0.1) is 17.8 Å². The van der Waals surface area contributed by atoms with Crippen LogP contribution in [-0.4, -0.2) is 95.0 Å². The number of carbonyl (C=O) groups excluding carboxylic acids is 4. The number of amides is 1. The molecule has 0 spiro atoms. The Morgan fingerprint density at radius 1 is 1.20 bits per heavy atom. The third kappa shape index (κ3) is 3.22. The second-order valence-corrected chi connectivity index (χ2v) is 9.99. The van der Waals surface area contributed by atoms with Gasteiger partial charge in [-0.25, -0.2) is 0 Å². The standard InChI is InChI=1S/C24H29N3O8/c1-26(2)13-7-10(8-28)18(29)15-11(13)5-9-6-12-17(27(3)4)20(31)16(23(25)34)22(33)24(12,35)21(32)14(9)19(15)30/h7-9,12,16-17,20,29-31,35H,5-6H2,1-4H3,(H2,25,34)/t9-,12-,16?,17?,20?,24-/m1/s1. The molecule has 6 atom stereocenters. The van der Waals surface area contributed by atoms with E-state index in [1.165, 1.54) is 11.0 Å². The fraction of sp³-hybridized carbons (Fsp3) is 0.500. The molecule has 3 unspecified atom stereocenters. The summed E-state index contributed by atoms with van der Waals surface area (Å²) >= 11 is 0. The van der Waals surface area contributed by atoms with Gasteiger partial charge in [0.2, 0.25) is 11.7 Å². The number of hydrogen-bond donors (Lipinski definition) is 5. The van der Waals surface area contributed by atoms with Gasteiger partial charge in [-0.15, -0.1) is 0 Å². The molecule has 11 heteroatoms. The highest BCUT2D eigenvalue weighted by atomic mass is 16.3. The normalized spacial score (nSPS) is 32.1. The lowest BCUT2D eigenvalue weighted by Gasteiger charge is -2.53. The minimum atomic E-state index is -2.71. The zero-order valence-electron chi connectivity index (χ0n) is 19.8. The van der Waals surface area contributed by atoms with Gasteiger partial charge in [0.05, 0.1) is 17.2 Å². The number of Topliss-reactive ketones (excluding diaryl/α,β-unsaturated/α-hetero) is 2. The molecular weight excluding hydrogens is 458 g/mol. The molecule has 4 rings (SSSR count). The molecule has 11 nitrogen and oxygen atoms in total. The summed E-state index contributed by atoms with van der Waals surface area (Å²) in [6, 6.07) is 0.525. The molecule has 1 aromatic carbocycles. The number of aldehydes is 1. The van der Waals surface area contributed by atoms with Gasteiger partial charge >= 0.3 is 0 Å². The second kappa shape index (κ2) is 8.14. The molecule has 0 saturated heterocycles. The van der Waals surface area contributed by atoms with Gasteiger partial charge in [-0.2, -0.15) is 0 Å². The number of benzene rings is 1. The Bertz CT molecular complexity index is 1190. The van der Waals surface area contributed by atoms with E-state index in [0.29, 0.717) is 17.5 Å². The van der Waals surface area contributed by atoms with E-state index in [-0.39, 0.29) is 29.5 Å². The Balaban J connectivity index is 1.97. The zero-order valence-corrected chi connectivity index (χ0v) is 19.8. The summed E-state index contributed by atoms with van der Waals surface area (Å²) in [4.78, 5) is 53.9. The molecule has 35 heavy (non-hydrogen) atoms. The van der Waals surface area contributed by atoms with Gasteiger partial charge in [0.1, 0.15) is 17.4 Å². The van der Waals surface area contributed by atoms with E-state index in [0.717, 1.165) is 0 Å². The van der Waals surface area contributed by atoms with Gasteiger partial charge in [0, 0.05) is 37.3 Å². The molecule has 6 N–H and O–H groups in total. The van der Waals surface area contributed by atoms with Gasteiger partial charge in [-0.1, -0.05) is 0 Å². The van der Waals surface area contributed by atoms with Crippen molar-refractivity contribution in [2.24, 2.45) is 23.5 Å². The minimum absolute atomic E-state index is 0.0290. The highest BCUT2D eigenvalue weighted by Gasteiger charge is 2.67. The van der Waals surface area contributed by atoms with Crippen LogP contribution in [0.15, 0.2) is 11.6 Å². The van der Waals surface area contributed by atoms with E-state index in [2.05, 4.69) is 0 Å². The quantitative estimate of drug-likeness (QED) is 0.261. The van der Waals surface area contributed by atoms with Gasteiger partial charge in [-0.05, 0) is 44.5 Å². The Morgan fingerprint density at radius 2 is 1.83 bits per heavy atom. The van der Waals surface area contributed by atoms with Crippen molar-refractivity contribution < 1.29 is 39.6 Å². The largest absolute Gasteiger partial charge is 0.507 e. The van der Waals surface area contributed by atoms with Crippen LogP contribution in [0.5, 0.6) is 5.75 Å². The highest BCUT2D eigenvalue weighted by Crippen LogP contribution is 2.53. The first-order valence-electron chi connectivity index (χ1n) is 11.2. The number of nitrogens with zero attached hydrogens (tertiary/aromatic N) is 2. The van der Waals surface area contributed by atoms with E-state index in [1.54, 1.807) is 33.1 Å². The number of carbonyl (C=O) groups is 4. The average Bonchev–Trinajstić information content (AvgIpc) is 2.75. The molecule has 2 fully saturated rings. The fourth-order valence-corrected chi connectivity index (χ4v) is 6.16. The van der Waals surface area contributed by atoms with Gasteiger partial charge in [0.15, 0.2) is 17.7 Å². The van der Waals surface area contributed by atoms with Crippen molar-refractivity contribution in [1.29, 1.82) is 0 Å². The summed E-state index contributed by atoms with van der Waals surface area (Å²) in [5.74, 6) is -8.20. The van der Waals surface area contributed by atoms with Crippen LogP contribution in [0.2, 0.25) is 0 Å². The van der Waals surface area contributed by atoms with Crippen molar-refractivity contribution >= 4 is 35.2 Å². The van der Waals surface area contributed by atoms with Crippen molar-refractivity contribution in [1.82, 2.24) is 4.90 Å². The molecule has 0 aromatic heterocycles. The molecule has 0 heterocycles. The number of nitrogens with two attached hydrogens (primary N) is 1. The lowest BCUT2D eigenvalue weighted by Crippen LogP contribution is -2.73. The fourth-order valence-electron chi connectivity index (χ4n) is 6.16. The first-order valence-corrected chi connectivity index (χ1v) is 11.2. The molecule has 0 bridgehead atoms. The number of anilines is 1. The van der Waals surface area contributed by atoms with Crippen molar-refractivity contribution in [3.05, 3.63) is 28.3 Å². The molecule has 188 valence electrons. The number of likely N-dealkylation sites (N-methyl/N-ethyl adjacent to an activating group) is 1. The Hall–Kier alpha value is -3.28. The maximum atomic E-state index is 13.8. The summed E-state index contributed by atoms with van der Waals surface area (Å²) < 4.78 is 0. The van der Waals surface area contributed by atoms with Crippen LogP contribution in [0.25, 0.3) is 5.76 Å². The molecule has 3 aliphatic rings. The van der Waals surface area contributed by atoms with Crippen LogP contribution >= 0.6 is 0 Å². The number of aliphatic hydroxyl groups is 3.